The molecular weight excluding hydrogens is 256 g/mol. The van der Waals surface area contributed by atoms with Gasteiger partial charge in [0.05, 0.1) is 6.54 Å². The summed E-state index contributed by atoms with van der Waals surface area (Å²) in [5.41, 5.74) is 7.12. The molecule has 0 saturated carbocycles. The maximum Gasteiger partial charge on any atom is 0.137 e. The van der Waals surface area contributed by atoms with E-state index in [1.807, 2.05) is 24.3 Å². The number of halogens is 1. The fourth-order valence-electron chi connectivity index (χ4n) is 1.34. The fourth-order valence-corrected chi connectivity index (χ4v) is 1.61. The molecule has 1 aromatic heterocycles. The van der Waals surface area contributed by atoms with Crippen LogP contribution in [0.2, 0.25) is 0 Å². The first-order chi connectivity index (χ1) is 7.25. The van der Waals surface area contributed by atoms with Crippen LogP contribution in [-0.2, 0) is 6.54 Å². The molecule has 2 rings (SSSR count). The zero-order valence-corrected chi connectivity index (χ0v) is 9.63. The van der Waals surface area contributed by atoms with Gasteiger partial charge >= 0.3 is 0 Å². The molecule has 0 aliphatic heterocycles. The molecule has 1 unspecified atom stereocenters. The number of rotatable bonds is 3. The van der Waals surface area contributed by atoms with Gasteiger partial charge in [0.15, 0.2) is 0 Å². The van der Waals surface area contributed by atoms with Crippen LogP contribution in [0.15, 0.2) is 41.4 Å². The van der Waals surface area contributed by atoms with Gasteiger partial charge in [0, 0.05) is 10.5 Å². The van der Waals surface area contributed by atoms with Crippen LogP contribution in [0, 0.1) is 0 Å². The minimum atomic E-state index is -0.0557. The number of nitrogens with zero attached hydrogens (tertiary/aromatic N) is 3. The summed E-state index contributed by atoms with van der Waals surface area (Å²) < 4.78 is 2.78. The summed E-state index contributed by atoms with van der Waals surface area (Å²) in [5.74, 6) is 0. The fraction of sp³-hybridized carbons (Fsp3) is 0.200. The molecule has 4 nitrogen and oxygen atoms in total. The molecule has 15 heavy (non-hydrogen) atoms. The predicted octanol–water partition coefficient (Wildman–Crippen LogP) is 1.74. The summed E-state index contributed by atoms with van der Waals surface area (Å²) in [7, 11) is 0. The minimum absolute atomic E-state index is 0.0557. The first-order valence-electron chi connectivity index (χ1n) is 4.59. The van der Waals surface area contributed by atoms with Gasteiger partial charge in [0.2, 0.25) is 0 Å². The van der Waals surface area contributed by atoms with Crippen molar-refractivity contribution in [3.8, 4) is 0 Å². The van der Waals surface area contributed by atoms with Gasteiger partial charge in [0.25, 0.3) is 0 Å². The van der Waals surface area contributed by atoms with Gasteiger partial charge in [-0.25, -0.2) is 4.98 Å². The quantitative estimate of drug-likeness (QED) is 0.921. The summed E-state index contributed by atoms with van der Waals surface area (Å²) in [4.78, 5) is 3.87. The molecular formula is C10H11BrN4. The van der Waals surface area contributed by atoms with E-state index in [0.29, 0.717) is 6.54 Å². The van der Waals surface area contributed by atoms with Crippen LogP contribution < -0.4 is 5.73 Å². The highest BCUT2D eigenvalue weighted by Crippen LogP contribution is 2.16. The Morgan fingerprint density at radius 1 is 1.33 bits per heavy atom. The molecule has 0 bridgehead atoms. The van der Waals surface area contributed by atoms with E-state index in [4.69, 9.17) is 5.73 Å². The second-order valence-electron chi connectivity index (χ2n) is 3.28. The molecule has 1 atom stereocenters. The molecule has 0 aliphatic carbocycles. The van der Waals surface area contributed by atoms with Crippen LogP contribution in [0.3, 0.4) is 0 Å². The number of benzene rings is 1. The average molecular weight is 267 g/mol. The Labute approximate surface area is 96.3 Å². The van der Waals surface area contributed by atoms with Gasteiger partial charge in [-0.15, -0.1) is 0 Å². The van der Waals surface area contributed by atoms with Gasteiger partial charge < -0.3 is 5.73 Å². The highest BCUT2D eigenvalue weighted by atomic mass is 79.9. The van der Waals surface area contributed by atoms with Crippen molar-refractivity contribution in [3.05, 3.63) is 47.0 Å². The largest absolute Gasteiger partial charge is 0.322 e. The van der Waals surface area contributed by atoms with Gasteiger partial charge in [-0.2, -0.15) is 5.10 Å². The Morgan fingerprint density at radius 2 is 2.07 bits per heavy atom. The van der Waals surface area contributed by atoms with Crippen molar-refractivity contribution in [2.24, 2.45) is 5.73 Å². The van der Waals surface area contributed by atoms with E-state index in [9.17, 15) is 0 Å². The van der Waals surface area contributed by atoms with Crippen LogP contribution in [0.25, 0.3) is 0 Å². The van der Waals surface area contributed by atoms with Crippen LogP contribution in [0.5, 0.6) is 0 Å². The highest BCUT2D eigenvalue weighted by molar-refractivity contribution is 9.10. The van der Waals surface area contributed by atoms with Crippen molar-refractivity contribution < 1.29 is 0 Å². The van der Waals surface area contributed by atoms with Crippen LogP contribution in [-0.4, -0.2) is 14.8 Å². The Hall–Kier alpha value is -1.20. The van der Waals surface area contributed by atoms with Crippen molar-refractivity contribution in [2.45, 2.75) is 12.6 Å². The molecule has 0 aliphatic rings. The second-order valence-corrected chi connectivity index (χ2v) is 4.19. The molecule has 0 radical (unpaired) electrons. The zero-order valence-electron chi connectivity index (χ0n) is 8.05. The molecule has 2 aromatic rings. The molecule has 0 amide bonds. The summed E-state index contributed by atoms with van der Waals surface area (Å²) in [5, 5.41) is 4.02. The lowest BCUT2D eigenvalue weighted by Gasteiger charge is -2.11. The van der Waals surface area contributed by atoms with Crippen molar-refractivity contribution >= 4 is 15.9 Å². The minimum Gasteiger partial charge on any atom is -0.322 e. The molecule has 5 heteroatoms. The Kier molecular flexibility index (Phi) is 3.13. The normalized spacial score (nSPS) is 12.7. The lowest BCUT2D eigenvalue weighted by atomic mass is 10.1. The highest BCUT2D eigenvalue weighted by Gasteiger charge is 2.06. The monoisotopic (exact) mass is 266 g/mol. The smallest absolute Gasteiger partial charge is 0.137 e. The molecule has 1 heterocycles. The Balaban J connectivity index is 2.08. The maximum absolute atomic E-state index is 6.03. The molecule has 2 N–H and O–H groups in total. The number of nitrogens with two attached hydrogens (primary N) is 1. The molecule has 0 spiro atoms. The first-order valence-corrected chi connectivity index (χ1v) is 5.38. The summed E-state index contributed by atoms with van der Waals surface area (Å²) in [6.07, 6.45) is 3.17. The Morgan fingerprint density at radius 3 is 2.67 bits per heavy atom. The third-order valence-corrected chi connectivity index (χ3v) is 2.68. The number of hydrogen-bond donors (Lipinski definition) is 1. The third kappa shape index (κ3) is 2.64. The maximum atomic E-state index is 6.03. The number of hydrogen-bond acceptors (Lipinski definition) is 3. The lowest BCUT2D eigenvalue weighted by molar-refractivity contribution is 0.526. The second kappa shape index (κ2) is 4.55. The standard InChI is InChI=1S/C10H11BrN4/c11-9-3-1-8(2-4-9)10(12)5-15-7-13-6-14-15/h1-4,6-7,10H,5,12H2. The van der Waals surface area contributed by atoms with E-state index in [0.717, 1.165) is 10.0 Å². The van der Waals surface area contributed by atoms with E-state index >= 15 is 0 Å². The van der Waals surface area contributed by atoms with Crippen molar-refractivity contribution in [1.82, 2.24) is 14.8 Å². The summed E-state index contributed by atoms with van der Waals surface area (Å²) in [6.45, 7) is 0.641. The molecule has 1 aromatic carbocycles. The van der Waals surface area contributed by atoms with E-state index in [1.165, 1.54) is 6.33 Å². The lowest BCUT2D eigenvalue weighted by Crippen LogP contribution is -2.17. The molecule has 0 fully saturated rings. The van der Waals surface area contributed by atoms with Crippen LogP contribution >= 0.6 is 15.9 Å². The topological polar surface area (TPSA) is 56.7 Å². The van der Waals surface area contributed by atoms with Crippen LogP contribution in [0.4, 0.5) is 0 Å². The SMILES string of the molecule is NC(Cn1cncn1)c1ccc(Br)cc1. The zero-order chi connectivity index (χ0) is 10.7. The van der Waals surface area contributed by atoms with E-state index < -0.39 is 0 Å². The Bertz CT molecular complexity index is 409. The van der Waals surface area contributed by atoms with Gasteiger partial charge in [-0.1, -0.05) is 28.1 Å². The third-order valence-electron chi connectivity index (χ3n) is 2.15. The summed E-state index contributed by atoms with van der Waals surface area (Å²) >= 11 is 3.39. The molecule has 0 saturated heterocycles. The molecule has 78 valence electrons. The summed E-state index contributed by atoms with van der Waals surface area (Å²) in [6, 6.07) is 7.92. The van der Waals surface area contributed by atoms with E-state index in [1.54, 1.807) is 11.0 Å². The van der Waals surface area contributed by atoms with Gasteiger partial charge in [0.1, 0.15) is 12.7 Å². The van der Waals surface area contributed by atoms with Crippen molar-refractivity contribution in [2.75, 3.05) is 0 Å². The van der Waals surface area contributed by atoms with Crippen LogP contribution in [0.1, 0.15) is 11.6 Å². The van der Waals surface area contributed by atoms with Crippen molar-refractivity contribution in [1.29, 1.82) is 0 Å². The average Bonchev–Trinajstić information content (AvgIpc) is 2.71. The van der Waals surface area contributed by atoms with Crippen molar-refractivity contribution in [3.63, 3.8) is 0 Å². The number of aromatic nitrogens is 3. The first kappa shape index (κ1) is 10.3. The predicted molar refractivity (Wildman–Crippen MR) is 61.1 cm³/mol. The van der Waals surface area contributed by atoms with Gasteiger partial charge in [-0.3, -0.25) is 4.68 Å². The van der Waals surface area contributed by atoms with Gasteiger partial charge in [-0.05, 0) is 17.7 Å². The van der Waals surface area contributed by atoms with E-state index in [2.05, 4.69) is 26.0 Å². The van der Waals surface area contributed by atoms with E-state index in [-0.39, 0.29) is 6.04 Å².